The van der Waals surface area contributed by atoms with Crippen molar-refractivity contribution in [2.75, 3.05) is 0 Å². The van der Waals surface area contributed by atoms with Gasteiger partial charge in [0.15, 0.2) is 6.29 Å². The maximum atomic E-state index is 10.5. The predicted octanol–water partition coefficient (Wildman–Crippen LogP) is 2.53. The smallest absolute Gasteiger partial charge is 0.150 e. The van der Waals surface area contributed by atoms with Gasteiger partial charge in [0.05, 0.1) is 0 Å². The first-order valence-electron chi connectivity index (χ1n) is 3.46. The molecular formula is C10H10O. The first kappa shape index (κ1) is 7.73. The average molecular weight is 146 g/mol. The van der Waals surface area contributed by atoms with Crippen LogP contribution in [0.3, 0.4) is 0 Å². The van der Waals surface area contributed by atoms with Crippen LogP contribution in [0.2, 0.25) is 0 Å². The van der Waals surface area contributed by atoms with Crippen molar-refractivity contribution in [2.45, 2.75) is 6.92 Å². The zero-order chi connectivity index (χ0) is 8.27. The summed E-state index contributed by atoms with van der Waals surface area (Å²) >= 11 is 0. The second kappa shape index (κ2) is 3.15. The minimum absolute atomic E-state index is 0.708. The van der Waals surface area contributed by atoms with E-state index in [2.05, 4.69) is 6.58 Å². The summed E-state index contributed by atoms with van der Waals surface area (Å²) in [7, 11) is 0. The van der Waals surface area contributed by atoms with Gasteiger partial charge in [-0.2, -0.15) is 0 Å². The molecule has 0 atom stereocenters. The van der Waals surface area contributed by atoms with E-state index in [0.717, 1.165) is 17.4 Å². The minimum atomic E-state index is 0.708. The molecule has 1 aromatic carbocycles. The van der Waals surface area contributed by atoms with Gasteiger partial charge in [-0.3, -0.25) is 4.79 Å². The highest BCUT2D eigenvalue weighted by Gasteiger charge is 1.98. The molecule has 1 rings (SSSR count). The Balaban J connectivity index is 3.22. The van der Waals surface area contributed by atoms with E-state index in [4.69, 9.17) is 0 Å². The van der Waals surface area contributed by atoms with E-state index in [1.807, 2.05) is 25.1 Å². The molecule has 1 nitrogen and oxygen atoms in total. The van der Waals surface area contributed by atoms with Crippen molar-refractivity contribution in [1.82, 2.24) is 0 Å². The first-order chi connectivity index (χ1) is 5.25. The van der Waals surface area contributed by atoms with E-state index in [9.17, 15) is 4.79 Å². The second-order valence-corrected chi connectivity index (χ2v) is 2.49. The summed E-state index contributed by atoms with van der Waals surface area (Å²) in [5, 5.41) is 0. The predicted molar refractivity (Wildman–Crippen MR) is 46.5 cm³/mol. The van der Waals surface area contributed by atoms with E-state index in [1.54, 1.807) is 6.07 Å². The van der Waals surface area contributed by atoms with Crippen molar-refractivity contribution < 1.29 is 4.79 Å². The molecule has 0 saturated carbocycles. The lowest BCUT2D eigenvalue weighted by Gasteiger charge is -2.01. The summed E-state index contributed by atoms with van der Waals surface area (Å²) in [5.41, 5.74) is 2.57. The number of hydrogen-bond donors (Lipinski definition) is 0. The molecule has 0 heterocycles. The fourth-order valence-electron chi connectivity index (χ4n) is 0.988. The van der Waals surface area contributed by atoms with Gasteiger partial charge in [0.25, 0.3) is 0 Å². The first-order valence-corrected chi connectivity index (χ1v) is 3.46. The van der Waals surface area contributed by atoms with Crippen LogP contribution in [-0.4, -0.2) is 6.29 Å². The molecule has 0 bridgehead atoms. The Morgan fingerprint density at radius 2 is 2.09 bits per heavy atom. The normalized spacial score (nSPS) is 9.18. The Kier molecular flexibility index (Phi) is 2.21. The molecule has 0 aliphatic heterocycles. The van der Waals surface area contributed by atoms with Crippen LogP contribution < -0.4 is 0 Å². The molecule has 1 aromatic rings. The number of benzene rings is 1. The topological polar surface area (TPSA) is 17.1 Å². The lowest BCUT2D eigenvalue weighted by Crippen LogP contribution is -1.87. The summed E-state index contributed by atoms with van der Waals surface area (Å²) in [6, 6.07) is 7.43. The number of allylic oxidation sites excluding steroid dienone is 1. The maximum absolute atomic E-state index is 10.5. The van der Waals surface area contributed by atoms with Crippen LogP contribution >= 0.6 is 0 Å². The van der Waals surface area contributed by atoms with Gasteiger partial charge in [-0.25, -0.2) is 0 Å². The number of carbonyl (C=O) groups is 1. The molecule has 11 heavy (non-hydrogen) atoms. The standard InChI is InChI=1S/C10H10O/c1-8(2)10-6-4-3-5-9(10)7-11/h3-7H,1H2,2H3. The largest absolute Gasteiger partial charge is 0.298 e. The summed E-state index contributed by atoms with van der Waals surface area (Å²) in [6.07, 6.45) is 0.851. The lowest BCUT2D eigenvalue weighted by atomic mass is 10.0. The van der Waals surface area contributed by atoms with Gasteiger partial charge < -0.3 is 0 Å². The summed E-state index contributed by atoms with van der Waals surface area (Å²) < 4.78 is 0. The zero-order valence-electron chi connectivity index (χ0n) is 6.50. The molecule has 56 valence electrons. The van der Waals surface area contributed by atoms with E-state index in [0.29, 0.717) is 5.56 Å². The zero-order valence-corrected chi connectivity index (χ0v) is 6.50. The van der Waals surface area contributed by atoms with Gasteiger partial charge >= 0.3 is 0 Å². The van der Waals surface area contributed by atoms with Crippen LogP contribution in [0.4, 0.5) is 0 Å². The van der Waals surface area contributed by atoms with Crippen molar-refractivity contribution in [3.63, 3.8) is 0 Å². The van der Waals surface area contributed by atoms with Crippen LogP contribution in [0.15, 0.2) is 30.8 Å². The fraction of sp³-hybridized carbons (Fsp3) is 0.100. The van der Waals surface area contributed by atoms with Crippen LogP contribution in [0.5, 0.6) is 0 Å². The number of carbonyl (C=O) groups excluding carboxylic acids is 1. The Hall–Kier alpha value is -1.37. The van der Waals surface area contributed by atoms with Gasteiger partial charge in [0, 0.05) is 5.56 Å². The van der Waals surface area contributed by atoms with Gasteiger partial charge in [0.1, 0.15) is 0 Å². The molecule has 0 saturated heterocycles. The number of aldehydes is 1. The molecule has 0 radical (unpaired) electrons. The molecule has 0 aromatic heterocycles. The molecule has 0 unspecified atom stereocenters. The molecule has 0 aliphatic rings. The summed E-state index contributed by atoms with van der Waals surface area (Å²) in [5.74, 6) is 0. The van der Waals surface area contributed by atoms with E-state index < -0.39 is 0 Å². The second-order valence-electron chi connectivity index (χ2n) is 2.49. The lowest BCUT2D eigenvalue weighted by molar-refractivity contribution is 0.112. The van der Waals surface area contributed by atoms with Crippen LogP contribution in [-0.2, 0) is 0 Å². The van der Waals surface area contributed by atoms with Crippen molar-refractivity contribution in [3.05, 3.63) is 42.0 Å². The highest BCUT2D eigenvalue weighted by molar-refractivity contribution is 5.84. The average Bonchev–Trinajstić information content (AvgIpc) is 2.04. The van der Waals surface area contributed by atoms with Crippen molar-refractivity contribution >= 4 is 11.9 Å². The highest BCUT2D eigenvalue weighted by Crippen LogP contribution is 2.14. The van der Waals surface area contributed by atoms with Gasteiger partial charge in [-0.05, 0) is 12.5 Å². The third kappa shape index (κ3) is 1.55. The third-order valence-corrected chi connectivity index (χ3v) is 1.55. The van der Waals surface area contributed by atoms with E-state index >= 15 is 0 Å². The van der Waals surface area contributed by atoms with E-state index in [-0.39, 0.29) is 0 Å². The Bertz CT molecular complexity index is 287. The molecule has 1 heteroatoms. The highest BCUT2D eigenvalue weighted by atomic mass is 16.1. The molecular weight excluding hydrogens is 136 g/mol. The van der Waals surface area contributed by atoms with Crippen LogP contribution in [0, 0.1) is 0 Å². The van der Waals surface area contributed by atoms with E-state index in [1.165, 1.54) is 0 Å². The van der Waals surface area contributed by atoms with Crippen molar-refractivity contribution in [1.29, 1.82) is 0 Å². The van der Waals surface area contributed by atoms with Gasteiger partial charge in [-0.15, -0.1) is 0 Å². The maximum Gasteiger partial charge on any atom is 0.150 e. The molecule has 0 spiro atoms. The SMILES string of the molecule is C=C(C)c1ccccc1C=O. The van der Waals surface area contributed by atoms with Crippen LogP contribution in [0.1, 0.15) is 22.8 Å². The molecule has 0 N–H and O–H groups in total. The summed E-state index contributed by atoms with van der Waals surface area (Å²) in [6.45, 7) is 5.67. The minimum Gasteiger partial charge on any atom is -0.298 e. The quantitative estimate of drug-likeness (QED) is 0.586. The molecule has 0 amide bonds. The van der Waals surface area contributed by atoms with Crippen LogP contribution in [0.25, 0.3) is 5.57 Å². The van der Waals surface area contributed by atoms with Gasteiger partial charge in [-0.1, -0.05) is 36.4 Å². The number of hydrogen-bond acceptors (Lipinski definition) is 1. The number of rotatable bonds is 2. The fourth-order valence-corrected chi connectivity index (χ4v) is 0.988. The van der Waals surface area contributed by atoms with Gasteiger partial charge in [0.2, 0.25) is 0 Å². The Morgan fingerprint density at radius 1 is 1.45 bits per heavy atom. The Morgan fingerprint density at radius 3 is 2.55 bits per heavy atom. The molecule has 0 aliphatic carbocycles. The van der Waals surface area contributed by atoms with Crippen molar-refractivity contribution in [3.8, 4) is 0 Å². The Labute approximate surface area is 66.4 Å². The summed E-state index contributed by atoms with van der Waals surface area (Å²) in [4.78, 5) is 10.5. The van der Waals surface area contributed by atoms with Crippen molar-refractivity contribution in [2.24, 2.45) is 0 Å². The monoisotopic (exact) mass is 146 g/mol. The molecule has 0 fully saturated rings. The third-order valence-electron chi connectivity index (χ3n) is 1.55.